The summed E-state index contributed by atoms with van der Waals surface area (Å²) in [6.45, 7) is 1.97. The van der Waals surface area contributed by atoms with Crippen LogP contribution in [0.5, 0.6) is 0 Å². The Balaban J connectivity index is 1.91. The van der Waals surface area contributed by atoms with Crippen LogP contribution in [0.2, 0.25) is 6.32 Å². The summed E-state index contributed by atoms with van der Waals surface area (Å²) in [6.07, 6.45) is 5.89. The van der Waals surface area contributed by atoms with Crippen molar-refractivity contribution >= 4 is 7.85 Å². The predicted octanol–water partition coefficient (Wildman–Crippen LogP) is 1.78. The summed E-state index contributed by atoms with van der Waals surface area (Å²) in [5, 5.41) is 0. The van der Waals surface area contributed by atoms with Crippen molar-refractivity contribution in [2.24, 2.45) is 5.92 Å². The molecule has 0 aromatic heterocycles. The lowest BCUT2D eigenvalue weighted by molar-refractivity contribution is 0.184. The molecule has 2 radical (unpaired) electrons. The smallest absolute Gasteiger partial charge is 0.0653 e. The van der Waals surface area contributed by atoms with Gasteiger partial charge in [0.2, 0.25) is 0 Å². The summed E-state index contributed by atoms with van der Waals surface area (Å²) < 4.78 is 5.26. The van der Waals surface area contributed by atoms with Gasteiger partial charge in [0.1, 0.15) is 0 Å². The van der Waals surface area contributed by atoms with Gasteiger partial charge >= 0.3 is 0 Å². The van der Waals surface area contributed by atoms with Crippen LogP contribution < -0.4 is 0 Å². The molecule has 1 saturated heterocycles. The van der Waals surface area contributed by atoms with E-state index in [9.17, 15) is 0 Å². The lowest BCUT2D eigenvalue weighted by Gasteiger charge is -2.04. The third kappa shape index (κ3) is 2.74. The van der Waals surface area contributed by atoms with Crippen molar-refractivity contribution < 1.29 is 4.74 Å². The maximum atomic E-state index is 5.38. The number of hydrogen-bond acceptors (Lipinski definition) is 1. The van der Waals surface area contributed by atoms with E-state index in [4.69, 9.17) is 12.6 Å². The monoisotopic (exact) mass is 138 g/mol. The Hall–Kier alpha value is 0.0249. The van der Waals surface area contributed by atoms with Gasteiger partial charge in [-0.05, 0) is 18.8 Å². The van der Waals surface area contributed by atoms with Gasteiger partial charge in [-0.2, -0.15) is 0 Å². The number of rotatable bonds is 4. The Labute approximate surface area is 64.6 Å². The van der Waals surface area contributed by atoms with Gasteiger partial charge in [0, 0.05) is 13.2 Å². The number of hydrogen-bond donors (Lipinski definition) is 0. The third-order valence-corrected chi connectivity index (χ3v) is 2.09. The largest absolute Gasteiger partial charge is 0.381 e. The van der Waals surface area contributed by atoms with Crippen molar-refractivity contribution in [3.63, 3.8) is 0 Å². The summed E-state index contributed by atoms with van der Waals surface area (Å²) >= 11 is 0. The molecule has 1 unspecified atom stereocenters. The van der Waals surface area contributed by atoms with E-state index in [0.29, 0.717) is 0 Å². The van der Waals surface area contributed by atoms with Gasteiger partial charge < -0.3 is 4.74 Å². The van der Waals surface area contributed by atoms with E-state index in [-0.39, 0.29) is 0 Å². The fourth-order valence-corrected chi connectivity index (χ4v) is 1.39. The zero-order valence-electron chi connectivity index (χ0n) is 6.51. The molecule has 0 amide bonds. The topological polar surface area (TPSA) is 9.23 Å². The molecule has 0 aromatic carbocycles. The summed E-state index contributed by atoms with van der Waals surface area (Å²) in [7, 11) is 5.38. The summed E-state index contributed by atoms with van der Waals surface area (Å²) in [4.78, 5) is 0. The molecule has 0 spiro atoms. The molecule has 0 aromatic rings. The molecule has 1 atom stereocenters. The standard InChI is InChI=1S/C8H15BO/c9-5-2-1-3-8-4-6-10-7-8/h8H,1-7H2. The first kappa shape index (κ1) is 8.12. The molecule has 0 N–H and O–H groups in total. The van der Waals surface area contributed by atoms with Gasteiger partial charge in [-0.1, -0.05) is 19.2 Å². The fraction of sp³-hybridized carbons (Fsp3) is 1.00. The molecule has 1 fully saturated rings. The molecule has 2 heteroatoms. The Bertz CT molecular complexity index is 79.3. The van der Waals surface area contributed by atoms with Crippen LogP contribution in [-0.2, 0) is 4.74 Å². The highest BCUT2D eigenvalue weighted by atomic mass is 16.5. The van der Waals surface area contributed by atoms with Crippen LogP contribution in [0.15, 0.2) is 0 Å². The summed E-state index contributed by atoms with van der Waals surface area (Å²) in [5.41, 5.74) is 0. The number of ether oxygens (including phenoxy) is 1. The van der Waals surface area contributed by atoms with E-state index in [1.807, 2.05) is 0 Å². The highest BCUT2D eigenvalue weighted by Gasteiger charge is 2.13. The highest BCUT2D eigenvalue weighted by molar-refractivity contribution is 6.08. The van der Waals surface area contributed by atoms with Crippen molar-refractivity contribution in [2.45, 2.75) is 32.0 Å². The zero-order chi connectivity index (χ0) is 7.23. The van der Waals surface area contributed by atoms with Crippen LogP contribution >= 0.6 is 0 Å². The normalized spacial score (nSPS) is 25.4. The van der Waals surface area contributed by atoms with Crippen molar-refractivity contribution in [3.05, 3.63) is 0 Å². The maximum Gasteiger partial charge on any atom is 0.0653 e. The van der Waals surface area contributed by atoms with Gasteiger partial charge in [-0.15, -0.1) is 0 Å². The zero-order valence-corrected chi connectivity index (χ0v) is 6.51. The summed E-state index contributed by atoms with van der Waals surface area (Å²) in [6, 6.07) is 0. The van der Waals surface area contributed by atoms with E-state index in [1.165, 1.54) is 25.7 Å². The predicted molar refractivity (Wildman–Crippen MR) is 43.3 cm³/mol. The van der Waals surface area contributed by atoms with Crippen LogP contribution in [0.3, 0.4) is 0 Å². The molecule has 1 nitrogen and oxygen atoms in total. The first-order chi connectivity index (χ1) is 4.93. The van der Waals surface area contributed by atoms with Crippen molar-refractivity contribution in [3.8, 4) is 0 Å². The van der Waals surface area contributed by atoms with Crippen molar-refractivity contribution in [2.75, 3.05) is 13.2 Å². The van der Waals surface area contributed by atoms with Gasteiger partial charge in [0.15, 0.2) is 0 Å². The maximum absolute atomic E-state index is 5.38. The molecule has 1 aliphatic heterocycles. The first-order valence-electron chi connectivity index (χ1n) is 4.21. The van der Waals surface area contributed by atoms with Crippen LogP contribution in [0.25, 0.3) is 0 Å². The van der Waals surface area contributed by atoms with E-state index in [0.717, 1.165) is 25.5 Å². The van der Waals surface area contributed by atoms with Crippen LogP contribution in [0.1, 0.15) is 25.7 Å². The second-order valence-corrected chi connectivity index (χ2v) is 3.01. The average molecular weight is 138 g/mol. The molecular formula is C8H15BO. The Morgan fingerprint density at radius 1 is 1.40 bits per heavy atom. The van der Waals surface area contributed by atoms with Gasteiger partial charge in [-0.3, -0.25) is 0 Å². The molecule has 10 heavy (non-hydrogen) atoms. The van der Waals surface area contributed by atoms with Crippen LogP contribution in [0, 0.1) is 5.92 Å². The highest BCUT2D eigenvalue weighted by Crippen LogP contribution is 2.18. The van der Waals surface area contributed by atoms with Gasteiger partial charge in [0.05, 0.1) is 7.85 Å². The molecule has 1 aliphatic rings. The van der Waals surface area contributed by atoms with Crippen LogP contribution in [-0.4, -0.2) is 21.1 Å². The quantitative estimate of drug-likeness (QED) is 0.425. The molecule has 0 saturated carbocycles. The Morgan fingerprint density at radius 3 is 2.90 bits per heavy atom. The minimum Gasteiger partial charge on any atom is -0.381 e. The van der Waals surface area contributed by atoms with E-state index in [2.05, 4.69) is 0 Å². The molecule has 0 bridgehead atoms. The molecule has 1 heterocycles. The number of unbranched alkanes of at least 4 members (excludes halogenated alkanes) is 1. The van der Waals surface area contributed by atoms with Gasteiger partial charge in [-0.25, -0.2) is 0 Å². The lowest BCUT2D eigenvalue weighted by Crippen LogP contribution is -1.98. The van der Waals surface area contributed by atoms with E-state index >= 15 is 0 Å². The van der Waals surface area contributed by atoms with Crippen molar-refractivity contribution in [1.29, 1.82) is 0 Å². The van der Waals surface area contributed by atoms with Crippen LogP contribution in [0.4, 0.5) is 0 Å². The third-order valence-electron chi connectivity index (χ3n) is 2.09. The second-order valence-electron chi connectivity index (χ2n) is 3.01. The molecule has 56 valence electrons. The SMILES string of the molecule is [B]CCCCC1CCOC1. The second kappa shape index (κ2) is 4.78. The van der Waals surface area contributed by atoms with Crippen molar-refractivity contribution in [1.82, 2.24) is 0 Å². The molecular weight excluding hydrogens is 123 g/mol. The lowest BCUT2D eigenvalue weighted by atomic mass is 9.95. The Kier molecular flexibility index (Phi) is 3.88. The average Bonchev–Trinajstić information content (AvgIpc) is 2.41. The minimum atomic E-state index is 0.839. The van der Waals surface area contributed by atoms with E-state index in [1.54, 1.807) is 0 Å². The summed E-state index contributed by atoms with van der Waals surface area (Å²) in [5.74, 6) is 0.839. The van der Waals surface area contributed by atoms with E-state index < -0.39 is 0 Å². The fourth-order valence-electron chi connectivity index (χ4n) is 1.39. The Morgan fingerprint density at radius 2 is 2.30 bits per heavy atom. The molecule has 1 rings (SSSR count). The van der Waals surface area contributed by atoms with Gasteiger partial charge in [0.25, 0.3) is 0 Å². The first-order valence-corrected chi connectivity index (χ1v) is 4.21. The molecule has 0 aliphatic carbocycles. The minimum absolute atomic E-state index is 0.839.